The molecule has 0 aromatic heterocycles. The van der Waals surface area contributed by atoms with E-state index in [-0.39, 0.29) is 6.54 Å². The number of rotatable bonds is 4. The highest BCUT2D eigenvalue weighted by molar-refractivity contribution is 9.10. The van der Waals surface area contributed by atoms with Gasteiger partial charge in [0, 0.05) is 11.5 Å². The van der Waals surface area contributed by atoms with Crippen molar-refractivity contribution in [2.24, 2.45) is 0 Å². The van der Waals surface area contributed by atoms with E-state index in [4.69, 9.17) is 9.84 Å². The van der Waals surface area contributed by atoms with Crippen molar-refractivity contribution in [3.05, 3.63) is 28.2 Å². The molecule has 0 aliphatic carbocycles. The summed E-state index contributed by atoms with van der Waals surface area (Å²) in [4.78, 5) is 23.6. The largest absolute Gasteiger partial charge is 0.496 e. The van der Waals surface area contributed by atoms with Gasteiger partial charge in [-0.15, -0.1) is 0 Å². The van der Waals surface area contributed by atoms with E-state index in [1.807, 2.05) is 0 Å². The molecule has 0 radical (unpaired) electrons. The van der Waals surface area contributed by atoms with Gasteiger partial charge in [-0.25, -0.2) is 0 Å². The summed E-state index contributed by atoms with van der Waals surface area (Å²) in [5.41, 5.74) is 0.325. The first-order valence-electron chi connectivity index (χ1n) is 4.76. The molecule has 17 heavy (non-hydrogen) atoms. The van der Waals surface area contributed by atoms with Gasteiger partial charge in [0.1, 0.15) is 12.3 Å². The first-order valence-corrected chi connectivity index (χ1v) is 5.55. The zero-order valence-corrected chi connectivity index (χ0v) is 11.0. The third-order valence-electron chi connectivity index (χ3n) is 2.11. The quantitative estimate of drug-likeness (QED) is 0.917. The van der Waals surface area contributed by atoms with E-state index in [2.05, 4.69) is 15.9 Å². The Kier molecular flexibility index (Phi) is 4.51. The first-order chi connectivity index (χ1) is 7.95. The van der Waals surface area contributed by atoms with Crippen molar-refractivity contribution < 1.29 is 19.4 Å². The summed E-state index contributed by atoms with van der Waals surface area (Å²) in [5, 5.41) is 8.63. The highest BCUT2D eigenvalue weighted by Gasteiger charge is 2.18. The molecule has 0 spiro atoms. The number of hydrogen-bond acceptors (Lipinski definition) is 3. The van der Waals surface area contributed by atoms with Crippen molar-refractivity contribution in [3.8, 4) is 5.75 Å². The van der Waals surface area contributed by atoms with Crippen molar-refractivity contribution in [2.45, 2.75) is 0 Å². The zero-order valence-electron chi connectivity index (χ0n) is 9.44. The molecule has 1 aromatic rings. The topological polar surface area (TPSA) is 66.8 Å². The highest BCUT2D eigenvalue weighted by atomic mass is 79.9. The van der Waals surface area contributed by atoms with E-state index in [0.29, 0.717) is 11.3 Å². The second-order valence-corrected chi connectivity index (χ2v) is 4.32. The van der Waals surface area contributed by atoms with Crippen LogP contribution in [0.1, 0.15) is 10.4 Å². The number of methoxy groups -OCH3 is 1. The summed E-state index contributed by atoms with van der Waals surface area (Å²) >= 11 is 3.25. The summed E-state index contributed by atoms with van der Waals surface area (Å²) in [6.07, 6.45) is 0. The fourth-order valence-electron chi connectivity index (χ4n) is 1.33. The van der Waals surface area contributed by atoms with E-state index in [1.165, 1.54) is 14.2 Å². The second kappa shape index (κ2) is 5.67. The van der Waals surface area contributed by atoms with Crippen LogP contribution in [-0.4, -0.2) is 42.6 Å². The van der Waals surface area contributed by atoms with Gasteiger partial charge in [-0.3, -0.25) is 9.59 Å². The van der Waals surface area contributed by atoms with Crippen molar-refractivity contribution in [1.29, 1.82) is 0 Å². The minimum absolute atomic E-state index is 0.325. The normalized spacial score (nSPS) is 9.82. The number of carboxylic acid groups (broad SMARTS) is 1. The molecule has 92 valence electrons. The Labute approximate surface area is 107 Å². The number of amides is 1. The molecule has 0 aliphatic heterocycles. The number of aliphatic carboxylic acids is 1. The van der Waals surface area contributed by atoms with Crippen LogP contribution in [0.25, 0.3) is 0 Å². The molecular formula is C11H12BrNO4. The maximum absolute atomic E-state index is 12.0. The molecule has 0 aliphatic rings. The lowest BCUT2D eigenvalue weighted by Crippen LogP contribution is -2.32. The monoisotopic (exact) mass is 301 g/mol. The van der Waals surface area contributed by atoms with Crippen LogP contribution in [0.4, 0.5) is 0 Å². The van der Waals surface area contributed by atoms with Gasteiger partial charge in [0.2, 0.25) is 0 Å². The third-order valence-corrected chi connectivity index (χ3v) is 2.60. The molecule has 1 amide bonds. The van der Waals surface area contributed by atoms with Gasteiger partial charge in [-0.1, -0.05) is 15.9 Å². The number of halogens is 1. The average molecular weight is 302 g/mol. The minimum Gasteiger partial charge on any atom is -0.496 e. The number of likely N-dealkylation sites (N-methyl/N-ethyl adjacent to an activating group) is 1. The van der Waals surface area contributed by atoms with E-state index >= 15 is 0 Å². The Morgan fingerprint density at radius 1 is 1.47 bits per heavy atom. The smallest absolute Gasteiger partial charge is 0.323 e. The third kappa shape index (κ3) is 3.45. The summed E-state index contributed by atoms with van der Waals surface area (Å²) < 4.78 is 5.79. The van der Waals surface area contributed by atoms with Crippen molar-refractivity contribution in [1.82, 2.24) is 4.90 Å². The van der Waals surface area contributed by atoms with Gasteiger partial charge < -0.3 is 14.7 Å². The summed E-state index contributed by atoms with van der Waals surface area (Å²) in [6, 6.07) is 4.98. The fourth-order valence-corrected chi connectivity index (χ4v) is 1.69. The number of carbonyl (C=O) groups excluding carboxylic acids is 1. The van der Waals surface area contributed by atoms with E-state index in [0.717, 1.165) is 9.37 Å². The van der Waals surface area contributed by atoms with Crippen LogP contribution in [0.5, 0.6) is 5.75 Å². The van der Waals surface area contributed by atoms with E-state index < -0.39 is 11.9 Å². The van der Waals surface area contributed by atoms with E-state index in [9.17, 15) is 9.59 Å². The molecule has 1 rings (SSSR count). The van der Waals surface area contributed by atoms with Gasteiger partial charge in [0.25, 0.3) is 5.91 Å². The molecule has 6 heteroatoms. The Morgan fingerprint density at radius 3 is 2.65 bits per heavy atom. The standard InChI is InChI=1S/C11H12BrNO4/c1-13(6-10(14)15)11(16)8-5-7(12)3-4-9(8)17-2/h3-5H,6H2,1-2H3,(H,14,15). The van der Waals surface area contributed by atoms with Crippen LogP contribution in [0.2, 0.25) is 0 Å². The molecular weight excluding hydrogens is 290 g/mol. The SMILES string of the molecule is COc1ccc(Br)cc1C(=O)N(C)CC(=O)O. The average Bonchev–Trinajstić information content (AvgIpc) is 2.27. The van der Waals surface area contributed by atoms with Gasteiger partial charge >= 0.3 is 5.97 Å². The fraction of sp³-hybridized carbons (Fsp3) is 0.273. The van der Waals surface area contributed by atoms with Crippen LogP contribution in [0.15, 0.2) is 22.7 Å². The van der Waals surface area contributed by atoms with Gasteiger partial charge in [0.05, 0.1) is 12.7 Å². The molecule has 0 fully saturated rings. The lowest BCUT2D eigenvalue weighted by Gasteiger charge is -2.16. The number of carboxylic acids is 1. The molecule has 0 unspecified atom stereocenters. The number of carbonyl (C=O) groups is 2. The van der Waals surface area contributed by atoms with Crippen molar-refractivity contribution in [2.75, 3.05) is 20.7 Å². The lowest BCUT2D eigenvalue weighted by molar-refractivity contribution is -0.137. The van der Waals surface area contributed by atoms with Crippen molar-refractivity contribution in [3.63, 3.8) is 0 Å². The maximum atomic E-state index is 12.0. The number of nitrogens with zero attached hydrogens (tertiary/aromatic N) is 1. The molecule has 1 N–H and O–H groups in total. The van der Waals surface area contributed by atoms with Crippen LogP contribution in [0.3, 0.4) is 0 Å². The molecule has 1 aromatic carbocycles. The number of benzene rings is 1. The molecule has 0 saturated heterocycles. The Morgan fingerprint density at radius 2 is 2.12 bits per heavy atom. The Hall–Kier alpha value is -1.56. The highest BCUT2D eigenvalue weighted by Crippen LogP contribution is 2.23. The predicted molar refractivity (Wildman–Crippen MR) is 65.3 cm³/mol. The van der Waals surface area contributed by atoms with Crippen LogP contribution in [-0.2, 0) is 4.79 Å². The molecule has 0 atom stereocenters. The first kappa shape index (κ1) is 13.5. The molecule has 0 saturated carbocycles. The predicted octanol–water partition coefficient (Wildman–Crippen LogP) is 1.61. The molecule has 0 bridgehead atoms. The number of ether oxygens (including phenoxy) is 1. The second-order valence-electron chi connectivity index (χ2n) is 3.40. The summed E-state index contributed by atoms with van der Waals surface area (Å²) in [7, 11) is 2.88. The summed E-state index contributed by atoms with van der Waals surface area (Å²) in [6.45, 7) is -0.353. The molecule has 5 nitrogen and oxygen atoms in total. The Bertz CT molecular complexity index is 447. The van der Waals surface area contributed by atoms with Crippen LogP contribution in [0, 0.1) is 0 Å². The zero-order chi connectivity index (χ0) is 13.0. The van der Waals surface area contributed by atoms with Gasteiger partial charge in [-0.05, 0) is 18.2 Å². The lowest BCUT2D eigenvalue weighted by atomic mass is 10.2. The van der Waals surface area contributed by atoms with Crippen LogP contribution >= 0.6 is 15.9 Å². The van der Waals surface area contributed by atoms with Gasteiger partial charge in [-0.2, -0.15) is 0 Å². The summed E-state index contributed by atoms with van der Waals surface area (Å²) in [5.74, 6) is -1.05. The molecule has 0 heterocycles. The Balaban J connectivity index is 3.02. The minimum atomic E-state index is -1.06. The maximum Gasteiger partial charge on any atom is 0.323 e. The van der Waals surface area contributed by atoms with E-state index in [1.54, 1.807) is 18.2 Å². The van der Waals surface area contributed by atoms with Crippen molar-refractivity contribution >= 4 is 27.8 Å². The number of hydrogen-bond donors (Lipinski definition) is 1. The van der Waals surface area contributed by atoms with Gasteiger partial charge in [0.15, 0.2) is 0 Å². The van der Waals surface area contributed by atoms with Crippen LogP contribution < -0.4 is 4.74 Å².